The van der Waals surface area contributed by atoms with Crippen molar-refractivity contribution in [3.63, 3.8) is 0 Å². The first kappa shape index (κ1) is 14.4. The molecule has 1 unspecified atom stereocenters. The van der Waals surface area contributed by atoms with Crippen molar-refractivity contribution in [1.82, 2.24) is 0 Å². The SMILES string of the molecule is COc1ccc(C2CCCC(=O)C2)cc1OC1CCCC1. The Hall–Kier alpha value is -1.51. The molecule has 0 amide bonds. The van der Waals surface area contributed by atoms with Crippen molar-refractivity contribution in [3.8, 4) is 11.5 Å². The lowest BCUT2D eigenvalue weighted by molar-refractivity contribution is -0.120. The van der Waals surface area contributed by atoms with E-state index in [0.29, 0.717) is 24.2 Å². The minimum absolute atomic E-state index is 0.321. The van der Waals surface area contributed by atoms with E-state index >= 15 is 0 Å². The molecule has 0 heterocycles. The van der Waals surface area contributed by atoms with Gasteiger partial charge in [0.2, 0.25) is 0 Å². The van der Waals surface area contributed by atoms with Crippen LogP contribution >= 0.6 is 0 Å². The van der Waals surface area contributed by atoms with E-state index in [0.717, 1.165) is 43.6 Å². The lowest BCUT2D eigenvalue weighted by Gasteiger charge is -2.23. The molecule has 0 N–H and O–H groups in total. The van der Waals surface area contributed by atoms with Crippen LogP contribution in [0.3, 0.4) is 0 Å². The second-order valence-electron chi connectivity index (χ2n) is 6.27. The van der Waals surface area contributed by atoms with Gasteiger partial charge in [-0.3, -0.25) is 4.79 Å². The molecule has 0 radical (unpaired) electrons. The summed E-state index contributed by atoms with van der Waals surface area (Å²) in [7, 11) is 1.68. The van der Waals surface area contributed by atoms with E-state index in [2.05, 4.69) is 12.1 Å². The van der Waals surface area contributed by atoms with Crippen LogP contribution in [0.4, 0.5) is 0 Å². The molecule has 2 aliphatic carbocycles. The zero-order valence-corrected chi connectivity index (χ0v) is 12.8. The second-order valence-corrected chi connectivity index (χ2v) is 6.27. The van der Waals surface area contributed by atoms with Gasteiger partial charge in [-0.15, -0.1) is 0 Å². The van der Waals surface area contributed by atoms with Crippen molar-refractivity contribution in [2.24, 2.45) is 0 Å². The van der Waals surface area contributed by atoms with Gasteiger partial charge in [0.1, 0.15) is 5.78 Å². The molecule has 0 spiro atoms. The Balaban J connectivity index is 1.79. The Morgan fingerprint density at radius 3 is 2.57 bits per heavy atom. The molecule has 2 saturated carbocycles. The quantitative estimate of drug-likeness (QED) is 0.831. The molecule has 2 aliphatic rings. The maximum atomic E-state index is 11.7. The summed E-state index contributed by atoms with van der Waals surface area (Å²) in [6, 6.07) is 6.17. The molecule has 1 atom stereocenters. The van der Waals surface area contributed by atoms with E-state index in [-0.39, 0.29) is 0 Å². The minimum Gasteiger partial charge on any atom is -0.493 e. The molecular weight excluding hydrogens is 264 g/mol. The molecule has 21 heavy (non-hydrogen) atoms. The fourth-order valence-corrected chi connectivity index (χ4v) is 3.53. The number of hydrogen-bond acceptors (Lipinski definition) is 3. The fraction of sp³-hybridized carbons (Fsp3) is 0.611. The van der Waals surface area contributed by atoms with Crippen LogP contribution < -0.4 is 9.47 Å². The molecule has 1 aromatic rings. The number of carbonyl (C=O) groups excluding carboxylic acids is 1. The average Bonchev–Trinajstić information content (AvgIpc) is 3.00. The average molecular weight is 288 g/mol. The van der Waals surface area contributed by atoms with E-state index in [9.17, 15) is 4.79 Å². The van der Waals surface area contributed by atoms with Gasteiger partial charge < -0.3 is 9.47 Å². The van der Waals surface area contributed by atoms with Crippen LogP contribution in [0.1, 0.15) is 62.8 Å². The molecule has 3 heteroatoms. The Morgan fingerprint density at radius 1 is 1.05 bits per heavy atom. The van der Waals surface area contributed by atoms with Gasteiger partial charge >= 0.3 is 0 Å². The highest BCUT2D eigenvalue weighted by atomic mass is 16.5. The van der Waals surface area contributed by atoms with Crippen LogP contribution in [0.5, 0.6) is 11.5 Å². The van der Waals surface area contributed by atoms with Gasteiger partial charge in [-0.2, -0.15) is 0 Å². The van der Waals surface area contributed by atoms with Crippen molar-refractivity contribution in [2.45, 2.75) is 63.4 Å². The first-order chi connectivity index (χ1) is 10.3. The van der Waals surface area contributed by atoms with E-state index in [4.69, 9.17) is 9.47 Å². The molecular formula is C18H24O3. The number of carbonyl (C=O) groups is 1. The molecule has 3 rings (SSSR count). The molecule has 2 fully saturated rings. The fourth-order valence-electron chi connectivity index (χ4n) is 3.53. The van der Waals surface area contributed by atoms with Gasteiger partial charge in [0.15, 0.2) is 11.5 Å². The molecule has 0 bridgehead atoms. The maximum absolute atomic E-state index is 11.7. The summed E-state index contributed by atoms with van der Waals surface area (Å²) >= 11 is 0. The predicted molar refractivity (Wildman–Crippen MR) is 82.1 cm³/mol. The third-order valence-corrected chi connectivity index (χ3v) is 4.74. The second kappa shape index (κ2) is 6.50. The van der Waals surface area contributed by atoms with Crippen LogP contribution in [0, 0.1) is 0 Å². The van der Waals surface area contributed by atoms with Crippen LogP contribution in [0.25, 0.3) is 0 Å². The Labute approximate surface area is 126 Å². The summed E-state index contributed by atoms with van der Waals surface area (Å²) in [4.78, 5) is 11.7. The molecule has 114 valence electrons. The Kier molecular flexibility index (Phi) is 4.47. The number of rotatable bonds is 4. The van der Waals surface area contributed by atoms with Gasteiger partial charge in [0.25, 0.3) is 0 Å². The van der Waals surface area contributed by atoms with Crippen LogP contribution in [0.2, 0.25) is 0 Å². The lowest BCUT2D eigenvalue weighted by Crippen LogP contribution is -2.15. The summed E-state index contributed by atoms with van der Waals surface area (Å²) in [5.74, 6) is 2.39. The number of ether oxygens (including phenoxy) is 2. The first-order valence-electron chi connectivity index (χ1n) is 8.12. The molecule has 3 nitrogen and oxygen atoms in total. The van der Waals surface area contributed by atoms with Crippen LogP contribution in [0.15, 0.2) is 18.2 Å². The van der Waals surface area contributed by atoms with E-state index < -0.39 is 0 Å². The zero-order valence-electron chi connectivity index (χ0n) is 12.8. The van der Waals surface area contributed by atoms with Crippen molar-refractivity contribution >= 4 is 5.78 Å². The van der Waals surface area contributed by atoms with Gasteiger partial charge in [-0.25, -0.2) is 0 Å². The highest BCUT2D eigenvalue weighted by Crippen LogP contribution is 2.37. The zero-order chi connectivity index (χ0) is 14.7. The summed E-state index contributed by atoms with van der Waals surface area (Å²) < 4.78 is 11.6. The summed E-state index contributed by atoms with van der Waals surface area (Å²) in [5.41, 5.74) is 1.22. The number of benzene rings is 1. The summed E-state index contributed by atoms with van der Waals surface area (Å²) in [5, 5.41) is 0. The van der Waals surface area contributed by atoms with Crippen LogP contribution in [-0.2, 0) is 4.79 Å². The van der Waals surface area contributed by atoms with Crippen molar-refractivity contribution in [2.75, 3.05) is 7.11 Å². The smallest absolute Gasteiger partial charge is 0.161 e. The summed E-state index contributed by atoms with van der Waals surface area (Å²) in [6.45, 7) is 0. The number of Topliss-reactive ketones (excluding diaryl/α,β-unsaturated/α-hetero) is 1. The standard InChI is InChI=1S/C18H24O3/c1-20-17-10-9-14(13-5-4-6-15(19)11-13)12-18(17)21-16-7-2-3-8-16/h9-10,12-13,16H,2-8,11H2,1H3. The molecule has 0 aliphatic heterocycles. The Bertz CT molecular complexity index is 503. The van der Waals surface area contributed by atoms with Crippen LogP contribution in [-0.4, -0.2) is 19.0 Å². The van der Waals surface area contributed by atoms with Gasteiger partial charge in [-0.05, 0) is 62.1 Å². The minimum atomic E-state index is 0.321. The third-order valence-electron chi connectivity index (χ3n) is 4.74. The highest BCUT2D eigenvalue weighted by molar-refractivity contribution is 5.80. The first-order valence-corrected chi connectivity index (χ1v) is 8.12. The van der Waals surface area contributed by atoms with Gasteiger partial charge in [-0.1, -0.05) is 6.07 Å². The van der Waals surface area contributed by atoms with Crippen molar-refractivity contribution in [3.05, 3.63) is 23.8 Å². The Morgan fingerprint density at radius 2 is 1.86 bits per heavy atom. The topological polar surface area (TPSA) is 35.5 Å². The molecule has 0 aromatic heterocycles. The van der Waals surface area contributed by atoms with Crippen molar-refractivity contribution < 1.29 is 14.3 Å². The normalized spacial score (nSPS) is 23.3. The van der Waals surface area contributed by atoms with Crippen molar-refractivity contribution in [1.29, 1.82) is 0 Å². The monoisotopic (exact) mass is 288 g/mol. The summed E-state index contributed by atoms with van der Waals surface area (Å²) in [6.07, 6.45) is 8.63. The maximum Gasteiger partial charge on any atom is 0.161 e. The van der Waals surface area contributed by atoms with E-state index in [1.807, 2.05) is 6.07 Å². The highest BCUT2D eigenvalue weighted by Gasteiger charge is 2.23. The van der Waals surface area contributed by atoms with E-state index in [1.54, 1.807) is 7.11 Å². The number of methoxy groups -OCH3 is 1. The van der Waals surface area contributed by atoms with E-state index in [1.165, 1.54) is 18.4 Å². The number of ketones is 1. The predicted octanol–water partition coefficient (Wildman–Crippen LogP) is 4.24. The largest absolute Gasteiger partial charge is 0.493 e. The van der Waals surface area contributed by atoms with Gasteiger partial charge in [0, 0.05) is 12.8 Å². The molecule has 0 saturated heterocycles. The number of hydrogen-bond donors (Lipinski definition) is 0. The van der Waals surface area contributed by atoms with Gasteiger partial charge in [0.05, 0.1) is 13.2 Å². The lowest BCUT2D eigenvalue weighted by atomic mass is 9.83. The third kappa shape index (κ3) is 3.39. The molecule has 1 aromatic carbocycles.